The molecule has 2 aromatic carbocycles. The molecule has 31 heavy (non-hydrogen) atoms. The lowest BCUT2D eigenvalue weighted by atomic mass is 10.1. The molecular formula is C22H28FN3O4S. The smallest absolute Gasteiger partial charge is 0.251 e. The first-order valence-electron chi connectivity index (χ1n) is 10.2. The molecule has 9 heteroatoms. The zero-order valence-corrected chi connectivity index (χ0v) is 18.4. The van der Waals surface area contributed by atoms with Gasteiger partial charge < -0.3 is 10.1 Å². The number of amides is 1. The van der Waals surface area contributed by atoms with Crippen LogP contribution in [0.5, 0.6) is 0 Å². The van der Waals surface area contributed by atoms with Crippen molar-refractivity contribution < 1.29 is 22.3 Å². The highest BCUT2D eigenvalue weighted by molar-refractivity contribution is 7.92. The van der Waals surface area contributed by atoms with Crippen LogP contribution in [0.2, 0.25) is 0 Å². The highest BCUT2D eigenvalue weighted by atomic mass is 32.2. The van der Waals surface area contributed by atoms with Crippen LogP contribution in [0.25, 0.3) is 0 Å². The van der Waals surface area contributed by atoms with E-state index in [9.17, 15) is 17.6 Å². The predicted molar refractivity (Wildman–Crippen MR) is 118 cm³/mol. The summed E-state index contributed by atoms with van der Waals surface area (Å²) < 4.78 is 44.3. The summed E-state index contributed by atoms with van der Waals surface area (Å²) >= 11 is 0. The van der Waals surface area contributed by atoms with Gasteiger partial charge in [-0.1, -0.05) is 12.1 Å². The van der Waals surface area contributed by atoms with Gasteiger partial charge in [-0.25, -0.2) is 12.8 Å². The molecule has 0 unspecified atom stereocenters. The van der Waals surface area contributed by atoms with Crippen LogP contribution in [-0.4, -0.2) is 64.9 Å². The van der Waals surface area contributed by atoms with E-state index in [4.69, 9.17) is 4.74 Å². The van der Waals surface area contributed by atoms with Crippen molar-refractivity contribution in [2.45, 2.75) is 13.0 Å². The molecule has 1 aliphatic rings. The Morgan fingerprint density at radius 3 is 2.35 bits per heavy atom. The van der Waals surface area contributed by atoms with Crippen LogP contribution in [-0.2, 0) is 21.3 Å². The minimum absolute atomic E-state index is 0.0756. The number of ether oxygens (including phenoxy) is 1. The van der Waals surface area contributed by atoms with E-state index in [1.165, 1.54) is 16.4 Å². The second-order valence-electron chi connectivity index (χ2n) is 7.51. The normalized spacial score (nSPS) is 14.9. The van der Waals surface area contributed by atoms with Gasteiger partial charge in [0.1, 0.15) is 5.82 Å². The molecule has 0 spiro atoms. The molecule has 1 aliphatic heterocycles. The number of sulfonamides is 1. The van der Waals surface area contributed by atoms with Gasteiger partial charge >= 0.3 is 0 Å². The van der Waals surface area contributed by atoms with Gasteiger partial charge in [0.15, 0.2) is 0 Å². The summed E-state index contributed by atoms with van der Waals surface area (Å²) in [5, 5.41) is 2.90. The van der Waals surface area contributed by atoms with E-state index in [0.717, 1.165) is 45.5 Å². The molecule has 1 fully saturated rings. The standard InChI is InChI=1S/C22H28FN3O4S/c1-31(28,29)26(17-18-3-7-20(23)8-4-18)21-9-5-19(6-10-21)22(27)24-11-2-12-25-13-15-30-16-14-25/h3-10H,2,11-17H2,1H3,(H,24,27). The summed E-state index contributed by atoms with van der Waals surface area (Å²) in [6, 6.07) is 12.1. The zero-order chi connectivity index (χ0) is 22.3. The lowest BCUT2D eigenvalue weighted by Gasteiger charge is -2.26. The third-order valence-corrected chi connectivity index (χ3v) is 6.24. The molecule has 2 aromatic rings. The molecular weight excluding hydrogens is 421 g/mol. The molecule has 0 aromatic heterocycles. The van der Waals surface area contributed by atoms with Gasteiger partial charge in [-0.15, -0.1) is 0 Å². The van der Waals surface area contributed by atoms with E-state index in [2.05, 4.69) is 10.2 Å². The topological polar surface area (TPSA) is 79.0 Å². The Hall–Kier alpha value is -2.49. The van der Waals surface area contributed by atoms with Crippen LogP contribution in [0.4, 0.5) is 10.1 Å². The van der Waals surface area contributed by atoms with E-state index in [1.54, 1.807) is 36.4 Å². The number of rotatable bonds is 9. The highest BCUT2D eigenvalue weighted by Gasteiger charge is 2.18. The molecule has 7 nitrogen and oxygen atoms in total. The van der Waals surface area contributed by atoms with Crippen LogP contribution >= 0.6 is 0 Å². The number of halogens is 1. The average molecular weight is 450 g/mol. The van der Waals surface area contributed by atoms with Crippen molar-refractivity contribution in [2.24, 2.45) is 0 Å². The Balaban J connectivity index is 1.57. The zero-order valence-electron chi connectivity index (χ0n) is 17.6. The Morgan fingerprint density at radius 2 is 1.74 bits per heavy atom. The van der Waals surface area contributed by atoms with E-state index in [0.29, 0.717) is 23.4 Å². The SMILES string of the molecule is CS(=O)(=O)N(Cc1ccc(F)cc1)c1ccc(C(=O)NCCCN2CCOCC2)cc1. The number of morpholine rings is 1. The first-order valence-corrected chi connectivity index (χ1v) is 12.1. The van der Waals surface area contributed by atoms with Crippen molar-refractivity contribution in [3.8, 4) is 0 Å². The van der Waals surface area contributed by atoms with Crippen LogP contribution in [0.15, 0.2) is 48.5 Å². The predicted octanol–water partition coefficient (Wildman–Crippen LogP) is 2.24. The molecule has 0 aliphatic carbocycles. The molecule has 1 heterocycles. The van der Waals surface area contributed by atoms with Crippen molar-refractivity contribution in [2.75, 3.05) is 50.0 Å². The minimum atomic E-state index is -3.56. The van der Waals surface area contributed by atoms with Crippen molar-refractivity contribution >= 4 is 21.6 Å². The molecule has 1 saturated heterocycles. The Bertz CT molecular complexity index is 959. The number of nitrogens with zero attached hydrogens (tertiary/aromatic N) is 2. The molecule has 1 N–H and O–H groups in total. The van der Waals surface area contributed by atoms with Gasteiger partial charge in [-0.3, -0.25) is 14.0 Å². The monoisotopic (exact) mass is 449 g/mol. The summed E-state index contributed by atoms with van der Waals surface area (Å²) in [6.07, 6.45) is 1.97. The average Bonchev–Trinajstić information content (AvgIpc) is 2.76. The van der Waals surface area contributed by atoms with E-state index < -0.39 is 10.0 Å². The van der Waals surface area contributed by atoms with E-state index >= 15 is 0 Å². The van der Waals surface area contributed by atoms with Crippen molar-refractivity contribution in [1.29, 1.82) is 0 Å². The first kappa shape index (κ1) is 23.2. The van der Waals surface area contributed by atoms with Gasteiger partial charge in [0, 0.05) is 25.2 Å². The maximum atomic E-state index is 13.1. The molecule has 168 valence electrons. The number of hydrogen-bond donors (Lipinski definition) is 1. The van der Waals surface area contributed by atoms with Gasteiger partial charge in [-0.05, 0) is 54.9 Å². The summed E-state index contributed by atoms with van der Waals surface area (Å²) in [5.74, 6) is -0.576. The minimum Gasteiger partial charge on any atom is -0.379 e. The summed E-state index contributed by atoms with van der Waals surface area (Å²) in [5.41, 5.74) is 1.56. The Kier molecular flexibility index (Phi) is 8.00. The van der Waals surface area contributed by atoms with E-state index in [1.807, 2.05) is 0 Å². The number of anilines is 1. The molecule has 0 atom stereocenters. The number of nitrogens with one attached hydrogen (secondary N) is 1. The molecule has 1 amide bonds. The molecule has 0 radical (unpaired) electrons. The largest absolute Gasteiger partial charge is 0.379 e. The number of benzene rings is 2. The van der Waals surface area contributed by atoms with Crippen LogP contribution < -0.4 is 9.62 Å². The number of carbonyl (C=O) groups excluding carboxylic acids is 1. The number of carbonyl (C=O) groups is 1. The third-order valence-electron chi connectivity index (χ3n) is 5.10. The lowest BCUT2D eigenvalue weighted by Crippen LogP contribution is -2.38. The fourth-order valence-electron chi connectivity index (χ4n) is 3.37. The van der Waals surface area contributed by atoms with Gasteiger partial charge in [0.25, 0.3) is 5.91 Å². The maximum absolute atomic E-state index is 13.1. The van der Waals surface area contributed by atoms with Crippen molar-refractivity contribution in [1.82, 2.24) is 10.2 Å². The molecule has 3 rings (SSSR count). The summed E-state index contributed by atoms with van der Waals surface area (Å²) in [7, 11) is -3.56. The van der Waals surface area contributed by atoms with Crippen molar-refractivity contribution in [3.05, 3.63) is 65.5 Å². The van der Waals surface area contributed by atoms with Gasteiger partial charge in [0.05, 0.1) is 31.7 Å². The quantitative estimate of drug-likeness (QED) is 0.594. The van der Waals surface area contributed by atoms with Gasteiger partial charge in [-0.2, -0.15) is 0 Å². The number of hydrogen-bond acceptors (Lipinski definition) is 5. The van der Waals surface area contributed by atoms with Crippen LogP contribution in [0, 0.1) is 5.82 Å². The molecule has 0 saturated carbocycles. The fourth-order valence-corrected chi connectivity index (χ4v) is 4.25. The van der Waals surface area contributed by atoms with Crippen LogP contribution in [0.1, 0.15) is 22.3 Å². The van der Waals surface area contributed by atoms with Crippen LogP contribution in [0.3, 0.4) is 0 Å². The van der Waals surface area contributed by atoms with Gasteiger partial charge in [0.2, 0.25) is 10.0 Å². The highest BCUT2D eigenvalue weighted by Crippen LogP contribution is 2.21. The van der Waals surface area contributed by atoms with E-state index in [-0.39, 0.29) is 18.3 Å². The second-order valence-corrected chi connectivity index (χ2v) is 9.41. The Labute approximate surface area is 182 Å². The third kappa shape index (κ3) is 7.02. The summed E-state index contributed by atoms with van der Waals surface area (Å²) in [4.78, 5) is 14.7. The van der Waals surface area contributed by atoms with Crippen molar-refractivity contribution in [3.63, 3.8) is 0 Å². The Morgan fingerprint density at radius 1 is 1.10 bits per heavy atom. The fraction of sp³-hybridized carbons (Fsp3) is 0.409. The lowest BCUT2D eigenvalue weighted by molar-refractivity contribution is 0.0374. The first-order chi connectivity index (χ1) is 14.8. The second kappa shape index (κ2) is 10.7. The summed E-state index contributed by atoms with van der Waals surface area (Å²) in [6.45, 7) is 4.91. The molecule has 0 bridgehead atoms. The maximum Gasteiger partial charge on any atom is 0.251 e.